The average Bonchev–Trinajstić information content (AvgIpc) is 3.19. The average molecular weight is 512 g/mol. The second kappa shape index (κ2) is 8.02. The van der Waals surface area contributed by atoms with Gasteiger partial charge in [-0.05, 0) is 28.8 Å². The zero-order chi connectivity index (χ0) is 25.2. The molecule has 0 N–H and O–H groups in total. The first-order valence-electron chi connectivity index (χ1n) is 12.7. The van der Waals surface area contributed by atoms with Gasteiger partial charge in [0.25, 0.3) is 0 Å². The van der Waals surface area contributed by atoms with Crippen LogP contribution in [0.15, 0.2) is 84.9 Å². The number of nitrogens with zero attached hydrogens (tertiary/aromatic N) is 1. The van der Waals surface area contributed by atoms with Crippen LogP contribution in [0.5, 0.6) is 0 Å². The Morgan fingerprint density at radius 2 is 1.26 bits per heavy atom. The van der Waals surface area contributed by atoms with Crippen molar-refractivity contribution in [3.8, 4) is 0 Å². The topological polar surface area (TPSA) is 20.3 Å². The minimum Gasteiger partial charge on any atom is -0.314 e. The number of fused-ring (bicyclic) bond motifs is 3. The first-order chi connectivity index (χ1) is 16.5. The van der Waals surface area contributed by atoms with Crippen molar-refractivity contribution in [2.24, 2.45) is 0 Å². The maximum absolute atomic E-state index is 14.8. The third-order valence-corrected chi connectivity index (χ3v) is 47.7. The van der Waals surface area contributed by atoms with Crippen LogP contribution in [0.25, 0.3) is 10.8 Å². The molecule has 1 atom stereocenters. The number of benzene rings is 3. The Balaban J connectivity index is 2.06. The van der Waals surface area contributed by atoms with Crippen LogP contribution in [0.4, 0.5) is 5.69 Å². The largest absolute Gasteiger partial charge is 0.314 e. The summed E-state index contributed by atoms with van der Waals surface area (Å²) >= 11 is 0. The molecule has 0 saturated heterocycles. The van der Waals surface area contributed by atoms with Gasteiger partial charge in [0.15, 0.2) is 0 Å². The predicted octanol–water partition coefficient (Wildman–Crippen LogP) is 7.35. The fraction of sp³-hybridized carbons (Fsp3) is 0.300. The first kappa shape index (κ1) is 24.2. The Labute approximate surface area is 213 Å². The Morgan fingerprint density at radius 3 is 1.83 bits per heavy atom. The zero-order valence-electron chi connectivity index (χ0n) is 22.1. The first-order valence-corrected chi connectivity index (χ1v) is 23.9. The van der Waals surface area contributed by atoms with Gasteiger partial charge in [-0.15, -0.1) is 0 Å². The van der Waals surface area contributed by atoms with E-state index in [2.05, 4.69) is 124 Å². The van der Waals surface area contributed by atoms with E-state index in [0.717, 1.165) is 11.7 Å². The summed E-state index contributed by atoms with van der Waals surface area (Å²) in [7, 11) is -3.59. The van der Waals surface area contributed by atoms with Crippen LogP contribution in [-0.2, 0) is 10.2 Å². The number of anilines is 1. The van der Waals surface area contributed by atoms with Gasteiger partial charge in [0.1, 0.15) is 0 Å². The molecule has 0 spiro atoms. The van der Waals surface area contributed by atoms with Crippen molar-refractivity contribution in [3.63, 3.8) is 0 Å². The minimum absolute atomic E-state index is 0.247. The molecular formula is C30H37NOSi3. The van der Waals surface area contributed by atoms with Crippen LogP contribution in [0, 0.1) is 0 Å². The number of rotatable bonds is 4. The van der Waals surface area contributed by atoms with Crippen molar-refractivity contribution >= 4 is 44.7 Å². The molecule has 0 bridgehead atoms. The van der Waals surface area contributed by atoms with Gasteiger partial charge in [-0.3, -0.25) is 4.79 Å². The Kier molecular flexibility index (Phi) is 5.55. The zero-order valence-corrected chi connectivity index (χ0v) is 25.1. The number of hydrogen-bond acceptors (Lipinski definition) is 1. The minimum atomic E-state index is -2.12. The summed E-state index contributed by atoms with van der Waals surface area (Å²) in [6.07, 6.45) is 0. The molecule has 0 aliphatic carbocycles. The van der Waals surface area contributed by atoms with Gasteiger partial charge >= 0.3 is 0 Å². The van der Waals surface area contributed by atoms with E-state index in [0.29, 0.717) is 0 Å². The van der Waals surface area contributed by atoms with E-state index in [4.69, 9.17) is 0 Å². The van der Waals surface area contributed by atoms with Crippen LogP contribution in [0.1, 0.15) is 16.7 Å². The van der Waals surface area contributed by atoms with Crippen LogP contribution in [-0.4, -0.2) is 35.2 Å². The van der Waals surface area contributed by atoms with Gasteiger partial charge < -0.3 is 4.90 Å². The molecule has 0 radical (unpaired) electrons. The summed E-state index contributed by atoms with van der Waals surface area (Å²) < 4.78 is 0. The van der Waals surface area contributed by atoms with Crippen LogP contribution in [0.3, 0.4) is 0 Å². The Hall–Kier alpha value is -2.48. The molecule has 2 heterocycles. The second-order valence-corrected chi connectivity index (χ2v) is 39.6. The maximum atomic E-state index is 14.8. The van der Waals surface area contributed by atoms with E-state index in [1.165, 1.54) is 22.3 Å². The van der Waals surface area contributed by atoms with E-state index in [1.807, 2.05) is 11.9 Å². The molecule has 2 aliphatic rings. The van der Waals surface area contributed by atoms with Crippen molar-refractivity contribution < 1.29 is 4.79 Å². The summed E-state index contributed by atoms with van der Waals surface area (Å²) in [5.41, 5.74) is 5.52. The molecule has 0 aromatic heterocycles. The molecule has 1 amide bonds. The van der Waals surface area contributed by atoms with Crippen LogP contribution < -0.4 is 4.90 Å². The normalized spacial score (nSPS) is 21.7. The number of carbonyl (C=O) groups is 1. The van der Waals surface area contributed by atoms with Gasteiger partial charge in [0.05, 0.1) is 18.2 Å². The molecule has 2 aliphatic heterocycles. The Morgan fingerprint density at radius 1 is 0.743 bits per heavy atom. The van der Waals surface area contributed by atoms with Crippen molar-refractivity contribution in [2.75, 3.05) is 11.9 Å². The molecule has 0 fully saturated rings. The summed E-state index contributed by atoms with van der Waals surface area (Å²) in [5.74, 6) is 0.247. The number of likely N-dealkylation sites (N-methyl/N-ethyl adjacent to an activating group) is 1. The summed E-state index contributed by atoms with van der Waals surface area (Å²) in [4.78, 5) is 16.7. The second-order valence-electron chi connectivity index (χ2n) is 12.4. The third kappa shape index (κ3) is 3.21. The SMILES string of the molecule is CN1C(=O)[C@@]2(c3ccccc3)C[Si]([Si](C)(C)C)([Si](C)(C)C)C(c3ccccc3)=C2c2ccccc21. The Bertz CT molecular complexity index is 1300. The van der Waals surface area contributed by atoms with Crippen molar-refractivity contribution in [1.82, 2.24) is 0 Å². The van der Waals surface area contributed by atoms with Gasteiger partial charge in [0, 0.05) is 27.8 Å². The lowest BCUT2D eigenvalue weighted by Crippen LogP contribution is -2.72. The van der Waals surface area contributed by atoms with E-state index in [-0.39, 0.29) is 5.91 Å². The number of para-hydroxylation sites is 1. The predicted molar refractivity (Wildman–Crippen MR) is 158 cm³/mol. The fourth-order valence-electron chi connectivity index (χ4n) is 7.42. The fourth-order valence-corrected chi connectivity index (χ4v) is 53.1. The highest BCUT2D eigenvalue weighted by molar-refractivity contribution is 7.74. The van der Waals surface area contributed by atoms with Crippen molar-refractivity contribution in [3.05, 3.63) is 102 Å². The molecule has 0 unspecified atom stereocenters. The van der Waals surface area contributed by atoms with E-state index >= 15 is 0 Å². The van der Waals surface area contributed by atoms with Crippen LogP contribution in [0.2, 0.25) is 45.3 Å². The molecule has 5 rings (SSSR count). The van der Waals surface area contributed by atoms with Crippen molar-refractivity contribution in [2.45, 2.75) is 50.7 Å². The molecular weight excluding hydrogens is 475 g/mol. The quantitative estimate of drug-likeness (QED) is 0.335. The summed E-state index contributed by atoms with van der Waals surface area (Å²) in [6, 6.07) is 31.5. The van der Waals surface area contributed by atoms with Crippen LogP contribution >= 0.6 is 0 Å². The van der Waals surface area contributed by atoms with Crippen molar-refractivity contribution in [1.29, 1.82) is 0 Å². The highest BCUT2D eigenvalue weighted by atomic mass is 29.6. The maximum Gasteiger partial charge on any atom is 0.241 e. The lowest BCUT2D eigenvalue weighted by atomic mass is 9.69. The number of hydrogen-bond donors (Lipinski definition) is 0. The van der Waals surface area contributed by atoms with Gasteiger partial charge in [0.2, 0.25) is 5.91 Å². The van der Waals surface area contributed by atoms with E-state index in [9.17, 15) is 4.79 Å². The summed E-state index contributed by atoms with van der Waals surface area (Å²) in [5, 5.41) is 1.59. The smallest absolute Gasteiger partial charge is 0.241 e. The molecule has 3 aromatic carbocycles. The highest BCUT2D eigenvalue weighted by Gasteiger charge is 2.69. The molecule has 2 nitrogen and oxygen atoms in total. The molecule has 5 heteroatoms. The van der Waals surface area contributed by atoms with E-state index in [1.54, 1.807) is 5.20 Å². The van der Waals surface area contributed by atoms with Gasteiger partial charge in [-0.2, -0.15) is 0 Å². The number of amides is 1. The summed E-state index contributed by atoms with van der Waals surface area (Å²) in [6.45, 7) is 15.6. The molecule has 180 valence electrons. The molecule has 0 saturated carbocycles. The lowest BCUT2D eigenvalue weighted by molar-refractivity contribution is -0.121. The van der Waals surface area contributed by atoms with Gasteiger partial charge in [-0.25, -0.2) is 0 Å². The molecule has 3 aromatic rings. The van der Waals surface area contributed by atoms with Gasteiger partial charge in [-0.1, -0.05) is 123 Å². The number of carbonyl (C=O) groups excluding carboxylic acids is 1. The highest BCUT2D eigenvalue weighted by Crippen LogP contribution is 2.64. The standard InChI is InChI=1S/C30H37NOSi3/c1-31-26-21-15-14-20-25(26)27-28(23-16-10-8-11-17-23)35(33(2,3)4,34(5,6)7)22-30(27,29(31)32)24-18-12-9-13-19-24/h8-21H,22H2,1-7H3/t30-/m1/s1. The van der Waals surface area contributed by atoms with E-state index < -0.39 is 27.7 Å². The monoisotopic (exact) mass is 511 g/mol. The molecule has 35 heavy (non-hydrogen) atoms. The third-order valence-electron chi connectivity index (χ3n) is 8.73. The lowest BCUT2D eigenvalue weighted by Gasteiger charge is -2.51.